The van der Waals surface area contributed by atoms with Gasteiger partial charge in [0.05, 0.1) is 16.8 Å². The van der Waals surface area contributed by atoms with Crippen LogP contribution in [0.5, 0.6) is 0 Å². The van der Waals surface area contributed by atoms with Crippen molar-refractivity contribution in [3.8, 4) is 0 Å². The van der Waals surface area contributed by atoms with E-state index in [9.17, 15) is 8.42 Å². The number of rotatable bonds is 6. The summed E-state index contributed by atoms with van der Waals surface area (Å²) in [5, 5.41) is 0.449. The maximum atomic E-state index is 13.2. The van der Waals surface area contributed by atoms with Gasteiger partial charge in [-0.1, -0.05) is 35.3 Å². The van der Waals surface area contributed by atoms with E-state index >= 15 is 0 Å². The largest absolute Gasteiger partial charge is 0.384 e. The average molecular weight is 400 g/mol. The molecule has 0 aromatic heterocycles. The van der Waals surface area contributed by atoms with Crippen LogP contribution < -0.4 is 5.73 Å². The molecule has 4 nitrogen and oxygen atoms in total. The minimum Gasteiger partial charge on any atom is -0.384 e. The van der Waals surface area contributed by atoms with Gasteiger partial charge in [0.25, 0.3) is 0 Å². The van der Waals surface area contributed by atoms with E-state index in [1.54, 1.807) is 31.4 Å². The topological polar surface area (TPSA) is 69.4 Å². The van der Waals surface area contributed by atoms with E-state index in [0.717, 1.165) is 5.56 Å². The minimum atomic E-state index is -3.58. The number of methoxy groups -OCH3 is 1. The number of nitrogens with two attached hydrogens (primary N) is 1. The molecule has 134 valence electrons. The summed E-state index contributed by atoms with van der Waals surface area (Å²) in [6.07, 6.45) is 0. The van der Waals surface area contributed by atoms with Gasteiger partial charge in [0.15, 0.2) is 9.84 Å². The second kappa shape index (κ2) is 6.89. The lowest BCUT2D eigenvalue weighted by molar-refractivity contribution is 0.142. The smallest absolute Gasteiger partial charge is 0.182 e. The van der Waals surface area contributed by atoms with Gasteiger partial charge in [0, 0.05) is 35.0 Å². The minimum absolute atomic E-state index is 0.214. The first-order valence-electron chi connectivity index (χ1n) is 7.81. The maximum absolute atomic E-state index is 13.2. The SMILES string of the molecule is COC[C@@]1(CN)[C@@H](c2ccc(Cl)cc2)[C@@H]1S(=O)(=O)c1ccc(Cl)cc1. The van der Waals surface area contributed by atoms with E-state index in [1.807, 2.05) is 12.1 Å². The predicted molar refractivity (Wildman–Crippen MR) is 100.0 cm³/mol. The molecule has 0 radical (unpaired) electrons. The highest BCUT2D eigenvalue weighted by atomic mass is 35.5. The molecule has 0 spiro atoms. The fraction of sp³-hybridized carbons (Fsp3) is 0.333. The molecule has 3 rings (SSSR count). The van der Waals surface area contributed by atoms with Crippen molar-refractivity contribution in [3.63, 3.8) is 0 Å². The van der Waals surface area contributed by atoms with E-state index in [0.29, 0.717) is 10.0 Å². The summed E-state index contributed by atoms with van der Waals surface area (Å²) < 4.78 is 31.8. The lowest BCUT2D eigenvalue weighted by Crippen LogP contribution is -2.28. The Bertz CT molecular complexity index is 853. The van der Waals surface area contributed by atoms with Crippen LogP contribution in [0.15, 0.2) is 53.4 Å². The molecular formula is C18H19Cl2NO3S. The molecule has 0 unspecified atom stereocenters. The molecule has 2 N–H and O–H groups in total. The van der Waals surface area contributed by atoms with Gasteiger partial charge in [0.1, 0.15) is 0 Å². The lowest BCUT2D eigenvalue weighted by Gasteiger charge is -2.15. The maximum Gasteiger partial charge on any atom is 0.182 e. The van der Waals surface area contributed by atoms with Crippen molar-refractivity contribution in [1.82, 2.24) is 0 Å². The van der Waals surface area contributed by atoms with Crippen molar-refractivity contribution in [2.45, 2.75) is 16.1 Å². The average Bonchev–Trinajstić information content (AvgIpc) is 3.26. The zero-order chi connectivity index (χ0) is 18.2. The van der Waals surface area contributed by atoms with Gasteiger partial charge in [-0.3, -0.25) is 0 Å². The molecule has 7 heteroatoms. The highest BCUT2D eigenvalue weighted by molar-refractivity contribution is 7.92. The molecule has 1 saturated carbocycles. The Morgan fingerprint density at radius 1 is 1.04 bits per heavy atom. The fourth-order valence-electron chi connectivity index (χ4n) is 3.63. The van der Waals surface area contributed by atoms with E-state index in [4.69, 9.17) is 33.7 Å². The van der Waals surface area contributed by atoms with Crippen LogP contribution >= 0.6 is 23.2 Å². The van der Waals surface area contributed by atoms with Gasteiger partial charge in [-0.25, -0.2) is 8.42 Å². The van der Waals surface area contributed by atoms with Crippen molar-refractivity contribution < 1.29 is 13.2 Å². The number of hydrogen-bond donors (Lipinski definition) is 1. The summed E-state index contributed by atoms with van der Waals surface area (Å²) in [5.41, 5.74) is 6.26. The van der Waals surface area contributed by atoms with Crippen LogP contribution in [0.1, 0.15) is 11.5 Å². The molecule has 0 amide bonds. The Balaban J connectivity index is 2.05. The molecule has 0 bridgehead atoms. The van der Waals surface area contributed by atoms with Crippen LogP contribution in [-0.4, -0.2) is 33.9 Å². The summed E-state index contributed by atoms with van der Waals surface area (Å²) in [5.74, 6) is -0.240. The van der Waals surface area contributed by atoms with Crippen LogP contribution in [0, 0.1) is 5.41 Å². The Labute approximate surface area is 157 Å². The Hall–Kier alpha value is -1.11. The summed E-state index contributed by atoms with van der Waals surface area (Å²) >= 11 is 11.8. The van der Waals surface area contributed by atoms with Gasteiger partial charge < -0.3 is 10.5 Å². The molecule has 2 aromatic carbocycles. The first kappa shape index (κ1) is 18.7. The van der Waals surface area contributed by atoms with Crippen LogP contribution in [-0.2, 0) is 14.6 Å². The molecule has 1 fully saturated rings. The zero-order valence-corrected chi connectivity index (χ0v) is 16.0. The van der Waals surface area contributed by atoms with Crippen molar-refractivity contribution in [2.75, 3.05) is 20.3 Å². The third-order valence-electron chi connectivity index (χ3n) is 4.88. The molecular weight excluding hydrogens is 381 g/mol. The molecule has 0 aliphatic heterocycles. The molecule has 1 aliphatic rings. The molecule has 25 heavy (non-hydrogen) atoms. The lowest BCUT2D eigenvalue weighted by atomic mass is 10.0. The molecule has 1 aliphatic carbocycles. The van der Waals surface area contributed by atoms with Crippen molar-refractivity contribution in [2.24, 2.45) is 11.1 Å². The van der Waals surface area contributed by atoms with E-state index in [-0.39, 0.29) is 24.0 Å². The van der Waals surface area contributed by atoms with Gasteiger partial charge in [-0.05, 0) is 42.0 Å². The van der Waals surface area contributed by atoms with Crippen LogP contribution in [0.3, 0.4) is 0 Å². The first-order valence-corrected chi connectivity index (χ1v) is 10.1. The quantitative estimate of drug-likeness (QED) is 0.806. The summed E-state index contributed by atoms with van der Waals surface area (Å²) in [4.78, 5) is 0.243. The summed E-state index contributed by atoms with van der Waals surface area (Å²) in [6, 6.07) is 13.4. The third kappa shape index (κ3) is 3.20. The van der Waals surface area contributed by atoms with Crippen LogP contribution in [0.2, 0.25) is 10.0 Å². The number of halogens is 2. The van der Waals surface area contributed by atoms with Crippen molar-refractivity contribution >= 4 is 33.0 Å². The monoisotopic (exact) mass is 399 g/mol. The third-order valence-corrected chi connectivity index (χ3v) is 7.72. The first-order chi connectivity index (χ1) is 11.9. The van der Waals surface area contributed by atoms with Gasteiger partial charge in [-0.2, -0.15) is 0 Å². The number of benzene rings is 2. The van der Waals surface area contributed by atoms with E-state index < -0.39 is 20.5 Å². The Morgan fingerprint density at radius 2 is 1.56 bits per heavy atom. The molecule has 2 aromatic rings. The predicted octanol–water partition coefficient (Wildman–Crippen LogP) is 3.52. The molecule has 3 atom stereocenters. The number of hydrogen-bond acceptors (Lipinski definition) is 4. The van der Waals surface area contributed by atoms with Gasteiger partial charge >= 0.3 is 0 Å². The van der Waals surface area contributed by atoms with E-state index in [2.05, 4.69) is 0 Å². The van der Waals surface area contributed by atoms with Crippen LogP contribution in [0.4, 0.5) is 0 Å². The zero-order valence-electron chi connectivity index (χ0n) is 13.7. The van der Waals surface area contributed by atoms with Crippen molar-refractivity contribution in [1.29, 1.82) is 0 Å². The van der Waals surface area contributed by atoms with Crippen molar-refractivity contribution in [3.05, 3.63) is 64.1 Å². The second-order valence-corrected chi connectivity index (χ2v) is 9.26. The molecule has 0 saturated heterocycles. The van der Waals surface area contributed by atoms with E-state index in [1.165, 1.54) is 12.1 Å². The van der Waals surface area contributed by atoms with Gasteiger partial charge in [-0.15, -0.1) is 0 Å². The number of sulfone groups is 1. The van der Waals surface area contributed by atoms with Crippen LogP contribution in [0.25, 0.3) is 0 Å². The molecule has 0 heterocycles. The normalized spacial score (nSPS) is 25.8. The highest BCUT2D eigenvalue weighted by Crippen LogP contribution is 2.63. The Kier molecular flexibility index (Phi) is 5.15. The number of ether oxygens (including phenoxy) is 1. The standard InChI is InChI=1S/C18H19Cl2NO3S/c1-24-11-18(10-21)16(12-2-4-13(19)5-3-12)17(18)25(22,23)15-8-6-14(20)7-9-15/h2-9,16-17H,10-11,21H2,1H3/t16-,17-,18-/m0/s1. The fourth-order valence-corrected chi connectivity index (χ4v) is 6.33. The summed E-state index contributed by atoms with van der Waals surface area (Å²) in [7, 11) is -2.03. The second-order valence-electron chi connectivity index (χ2n) is 6.32. The Morgan fingerprint density at radius 3 is 2.04 bits per heavy atom. The summed E-state index contributed by atoms with van der Waals surface area (Å²) in [6.45, 7) is 0.486. The van der Waals surface area contributed by atoms with Gasteiger partial charge in [0.2, 0.25) is 0 Å². The highest BCUT2D eigenvalue weighted by Gasteiger charge is 2.70.